The Morgan fingerprint density at radius 2 is 1.75 bits per heavy atom. The predicted molar refractivity (Wildman–Crippen MR) is 121 cm³/mol. The number of rotatable bonds is 4. The van der Waals surface area contributed by atoms with E-state index in [1.807, 2.05) is 54.6 Å². The van der Waals surface area contributed by atoms with Gasteiger partial charge in [0.25, 0.3) is 0 Å². The summed E-state index contributed by atoms with van der Waals surface area (Å²) in [6.07, 6.45) is 5.29. The number of benzene rings is 3. The summed E-state index contributed by atoms with van der Waals surface area (Å²) >= 11 is 0. The van der Waals surface area contributed by atoms with Gasteiger partial charge in [-0.3, -0.25) is 4.79 Å². The number of fused-ring (bicyclic) bond motifs is 2. The fourth-order valence-corrected chi connectivity index (χ4v) is 3.60. The molecule has 5 rings (SSSR count). The van der Waals surface area contributed by atoms with E-state index in [9.17, 15) is 9.59 Å². The normalized spacial score (nSPS) is 14.2. The summed E-state index contributed by atoms with van der Waals surface area (Å²) in [5, 5.41) is 0.817. The van der Waals surface area contributed by atoms with Gasteiger partial charge in [-0.25, -0.2) is 4.79 Å². The molecule has 0 N–H and O–H groups in total. The second-order valence-electron chi connectivity index (χ2n) is 7.38. The Morgan fingerprint density at radius 1 is 0.969 bits per heavy atom. The van der Waals surface area contributed by atoms with E-state index in [-0.39, 0.29) is 23.1 Å². The van der Waals surface area contributed by atoms with E-state index < -0.39 is 5.97 Å². The van der Waals surface area contributed by atoms with Crippen LogP contribution in [0.1, 0.15) is 32.0 Å². The van der Waals surface area contributed by atoms with Gasteiger partial charge in [0.2, 0.25) is 11.5 Å². The van der Waals surface area contributed by atoms with Crippen molar-refractivity contribution in [1.82, 2.24) is 0 Å². The summed E-state index contributed by atoms with van der Waals surface area (Å²) in [5.41, 5.74) is 2.75. The number of hydrogen-bond donors (Lipinski definition) is 0. The number of aryl methyl sites for hydroxylation is 1. The van der Waals surface area contributed by atoms with Crippen molar-refractivity contribution < 1.29 is 23.5 Å². The van der Waals surface area contributed by atoms with Gasteiger partial charge in [-0.15, -0.1) is 0 Å². The number of ketones is 1. The van der Waals surface area contributed by atoms with Crippen LogP contribution in [-0.2, 0) is 0 Å². The molecule has 5 heteroatoms. The van der Waals surface area contributed by atoms with Gasteiger partial charge < -0.3 is 13.9 Å². The Morgan fingerprint density at radius 3 is 2.56 bits per heavy atom. The van der Waals surface area contributed by atoms with Crippen molar-refractivity contribution in [3.63, 3.8) is 0 Å². The zero-order valence-electron chi connectivity index (χ0n) is 17.2. The third-order valence-corrected chi connectivity index (χ3v) is 5.12. The minimum Gasteiger partial charge on any atom is -0.452 e. The van der Waals surface area contributed by atoms with Crippen molar-refractivity contribution in [1.29, 1.82) is 0 Å². The van der Waals surface area contributed by atoms with Gasteiger partial charge in [0.05, 0.1) is 5.56 Å². The molecule has 0 fully saturated rings. The molecule has 1 aromatic heterocycles. The zero-order chi connectivity index (χ0) is 22.1. The van der Waals surface area contributed by atoms with E-state index in [1.165, 1.54) is 0 Å². The van der Waals surface area contributed by atoms with E-state index in [2.05, 4.69) is 0 Å². The van der Waals surface area contributed by atoms with Crippen LogP contribution < -0.4 is 9.47 Å². The van der Waals surface area contributed by atoms with Gasteiger partial charge in [0.15, 0.2) is 5.76 Å². The second kappa shape index (κ2) is 8.04. The van der Waals surface area contributed by atoms with Crippen molar-refractivity contribution in [2.75, 3.05) is 0 Å². The highest BCUT2D eigenvalue weighted by Crippen LogP contribution is 2.37. The standard InChI is InChI=1S/C27H18O5/c1-17-14-20(30-27(29)24-15-19-11-5-6-12-21(19)31-24)16-23-25(17)26(28)22(32-23)13-7-10-18-8-3-2-4-9-18/h2-16H,1H3/b10-7+,22-13-. The van der Waals surface area contributed by atoms with Gasteiger partial charge in [0.1, 0.15) is 17.1 Å². The highest BCUT2D eigenvalue weighted by molar-refractivity contribution is 6.13. The average molecular weight is 422 g/mol. The topological polar surface area (TPSA) is 65.7 Å². The van der Waals surface area contributed by atoms with Crippen LogP contribution in [0, 0.1) is 6.92 Å². The number of hydrogen-bond acceptors (Lipinski definition) is 5. The van der Waals surface area contributed by atoms with E-state index in [1.54, 1.807) is 43.3 Å². The Kier molecular flexibility index (Phi) is 4.92. The molecule has 0 saturated carbocycles. The molecule has 3 aromatic carbocycles. The molecule has 156 valence electrons. The first-order chi connectivity index (χ1) is 15.6. The van der Waals surface area contributed by atoms with Crippen LogP contribution in [0.2, 0.25) is 0 Å². The largest absolute Gasteiger partial charge is 0.452 e. The summed E-state index contributed by atoms with van der Waals surface area (Å²) in [4.78, 5) is 25.3. The lowest BCUT2D eigenvalue weighted by atomic mass is 10.0. The number of carbonyl (C=O) groups is 2. The molecule has 0 bridgehead atoms. The predicted octanol–water partition coefficient (Wildman–Crippen LogP) is 6.13. The molecule has 0 amide bonds. The molecule has 0 atom stereocenters. The molecule has 0 radical (unpaired) electrons. The van der Waals surface area contributed by atoms with E-state index >= 15 is 0 Å². The summed E-state index contributed by atoms with van der Waals surface area (Å²) in [5.74, 6) is 0.142. The third kappa shape index (κ3) is 3.72. The maximum Gasteiger partial charge on any atom is 0.379 e. The molecule has 0 aliphatic carbocycles. The molecule has 4 aromatic rings. The van der Waals surface area contributed by atoms with Gasteiger partial charge in [0, 0.05) is 11.5 Å². The van der Waals surface area contributed by atoms with Gasteiger partial charge in [-0.05, 0) is 42.3 Å². The first-order valence-corrected chi connectivity index (χ1v) is 10.1. The molecule has 2 heterocycles. The summed E-state index contributed by atoms with van der Waals surface area (Å²) < 4.78 is 16.8. The van der Waals surface area contributed by atoms with Crippen molar-refractivity contribution in [3.05, 3.63) is 113 Å². The first-order valence-electron chi connectivity index (χ1n) is 10.1. The van der Waals surface area contributed by atoms with Crippen LogP contribution in [0.5, 0.6) is 11.5 Å². The van der Waals surface area contributed by atoms with E-state index in [0.29, 0.717) is 22.5 Å². The molecule has 1 aliphatic rings. The van der Waals surface area contributed by atoms with Gasteiger partial charge >= 0.3 is 5.97 Å². The van der Waals surface area contributed by atoms with Crippen LogP contribution in [-0.4, -0.2) is 11.8 Å². The molecule has 1 aliphatic heterocycles. The maximum absolute atomic E-state index is 12.8. The Balaban J connectivity index is 1.36. The Hall–Kier alpha value is -4.38. The molecule has 0 unspecified atom stereocenters. The van der Waals surface area contributed by atoms with Crippen LogP contribution in [0.25, 0.3) is 17.0 Å². The summed E-state index contributed by atoms with van der Waals surface area (Å²) in [7, 11) is 0. The Labute approximate surface area is 184 Å². The van der Waals surface area contributed by atoms with Crippen molar-refractivity contribution >= 4 is 28.8 Å². The molecule has 0 saturated heterocycles. The molecule has 5 nitrogen and oxygen atoms in total. The number of Topliss-reactive ketones (excluding diaryl/α,β-unsaturated/α-hetero) is 1. The molecule has 32 heavy (non-hydrogen) atoms. The monoisotopic (exact) mass is 422 g/mol. The number of furan rings is 1. The first kappa shape index (κ1) is 19.6. The lowest BCUT2D eigenvalue weighted by molar-refractivity contribution is 0.0703. The Bertz CT molecular complexity index is 1370. The fraction of sp³-hybridized carbons (Fsp3) is 0.0370. The zero-order valence-corrected chi connectivity index (χ0v) is 17.2. The lowest BCUT2D eigenvalue weighted by Gasteiger charge is -2.06. The smallest absolute Gasteiger partial charge is 0.379 e. The molecular weight excluding hydrogens is 404 g/mol. The average Bonchev–Trinajstić information content (AvgIpc) is 3.36. The van der Waals surface area contributed by atoms with E-state index in [4.69, 9.17) is 13.9 Å². The second-order valence-corrected chi connectivity index (χ2v) is 7.38. The molecule has 0 spiro atoms. The lowest BCUT2D eigenvalue weighted by Crippen LogP contribution is -2.07. The van der Waals surface area contributed by atoms with Crippen LogP contribution in [0.15, 0.2) is 95.1 Å². The number of ether oxygens (including phenoxy) is 2. The van der Waals surface area contributed by atoms with E-state index in [0.717, 1.165) is 10.9 Å². The van der Waals surface area contributed by atoms with Crippen LogP contribution >= 0.6 is 0 Å². The fourth-order valence-electron chi connectivity index (χ4n) is 3.60. The maximum atomic E-state index is 12.8. The molecular formula is C27H18O5. The number of allylic oxidation sites excluding steroid dienone is 3. The quantitative estimate of drug-likeness (QED) is 0.225. The van der Waals surface area contributed by atoms with Crippen molar-refractivity contribution in [2.24, 2.45) is 0 Å². The van der Waals surface area contributed by atoms with Crippen LogP contribution in [0.3, 0.4) is 0 Å². The number of esters is 1. The van der Waals surface area contributed by atoms with Crippen molar-refractivity contribution in [3.8, 4) is 11.5 Å². The SMILES string of the molecule is Cc1cc(OC(=O)c2cc3ccccc3o2)cc2c1C(=O)/C(=C/C=C/c1ccccc1)O2. The minimum atomic E-state index is -0.619. The number of carbonyl (C=O) groups excluding carboxylic acids is 2. The highest BCUT2D eigenvalue weighted by Gasteiger charge is 2.30. The summed E-state index contributed by atoms with van der Waals surface area (Å²) in [6.45, 7) is 1.78. The summed E-state index contributed by atoms with van der Waals surface area (Å²) in [6, 6.07) is 21.9. The van der Waals surface area contributed by atoms with Crippen LogP contribution in [0.4, 0.5) is 0 Å². The minimum absolute atomic E-state index is 0.105. The number of para-hydroxylation sites is 1. The van der Waals surface area contributed by atoms with Gasteiger partial charge in [-0.2, -0.15) is 0 Å². The third-order valence-electron chi connectivity index (χ3n) is 5.12. The van der Waals surface area contributed by atoms with Gasteiger partial charge in [-0.1, -0.05) is 60.7 Å². The van der Waals surface area contributed by atoms with Crippen molar-refractivity contribution in [2.45, 2.75) is 6.92 Å². The highest BCUT2D eigenvalue weighted by atomic mass is 16.5.